The molecule has 2 fully saturated rings. The van der Waals surface area contributed by atoms with Crippen molar-refractivity contribution in [2.24, 2.45) is 0 Å². The van der Waals surface area contributed by atoms with Gasteiger partial charge < -0.3 is 19.7 Å². The van der Waals surface area contributed by atoms with Gasteiger partial charge in [0.2, 0.25) is 0 Å². The molecule has 0 spiro atoms. The number of carbonyl (C=O) groups excluding carboxylic acids is 2. The minimum atomic E-state index is -0.0746. The zero-order valence-electron chi connectivity index (χ0n) is 12.5. The Labute approximate surface area is 120 Å². The summed E-state index contributed by atoms with van der Waals surface area (Å²) in [6, 6.07) is 0.587. The van der Waals surface area contributed by atoms with Crippen LogP contribution >= 0.6 is 0 Å². The van der Waals surface area contributed by atoms with E-state index in [1.807, 2.05) is 13.8 Å². The summed E-state index contributed by atoms with van der Waals surface area (Å²) in [7, 11) is 0. The van der Waals surface area contributed by atoms with Gasteiger partial charge in [-0.1, -0.05) is 0 Å². The molecule has 20 heavy (non-hydrogen) atoms. The highest BCUT2D eigenvalue weighted by Crippen LogP contribution is 2.06. The van der Waals surface area contributed by atoms with E-state index in [9.17, 15) is 9.59 Å². The number of nitrogens with zero attached hydrogens (tertiary/aromatic N) is 1. The molecule has 116 valence electrons. The number of rotatable bonds is 8. The molecule has 0 aromatic carbocycles. The maximum Gasteiger partial charge on any atom is 0.307 e. The summed E-state index contributed by atoms with van der Waals surface area (Å²) in [5.74, 6) is -0.148. The molecule has 6 nitrogen and oxygen atoms in total. The lowest BCUT2D eigenvalue weighted by Gasteiger charge is -2.00. The number of esters is 2. The molecule has 2 aliphatic heterocycles. The molecule has 0 radical (unpaired) electrons. The molecular weight excluding hydrogens is 260 g/mol. The third-order valence-corrected chi connectivity index (χ3v) is 2.97. The third-order valence-electron chi connectivity index (χ3n) is 2.97. The van der Waals surface area contributed by atoms with Crippen LogP contribution in [0.5, 0.6) is 0 Å². The number of carbonyl (C=O) groups is 2. The van der Waals surface area contributed by atoms with Gasteiger partial charge in [0.05, 0.1) is 19.6 Å². The van der Waals surface area contributed by atoms with Crippen LogP contribution in [0, 0.1) is 0 Å². The van der Waals surface area contributed by atoms with Crippen molar-refractivity contribution >= 4 is 11.9 Å². The topological polar surface area (TPSA) is 77.5 Å². The van der Waals surface area contributed by atoms with E-state index in [1.165, 1.54) is 0 Å². The average Bonchev–Trinajstić information content (AvgIpc) is 3.29. The van der Waals surface area contributed by atoms with E-state index in [0.717, 1.165) is 32.6 Å². The summed E-state index contributed by atoms with van der Waals surface area (Å²) < 4.78 is 9.51. The molecule has 1 atom stereocenters. The molecule has 0 amide bonds. The van der Waals surface area contributed by atoms with E-state index >= 15 is 0 Å². The Morgan fingerprint density at radius 1 is 1.10 bits per heavy atom. The molecule has 2 saturated heterocycles. The number of nitrogens with one attached hydrogen (secondary N) is 1. The molecule has 2 rings (SSSR count). The molecule has 0 aromatic rings. The van der Waals surface area contributed by atoms with Crippen molar-refractivity contribution in [3.05, 3.63) is 0 Å². The highest BCUT2D eigenvalue weighted by Gasteiger charge is 2.20. The molecule has 1 N–H and O–H groups in total. The van der Waals surface area contributed by atoms with Crippen molar-refractivity contribution in [2.45, 2.75) is 39.2 Å². The molecule has 0 bridgehead atoms. The maximum atomic E-state index is 10.7. The van der Waals surface area contributed by atoms with Crippen LogP contribution in [-0.2, 0) is 19.1 Å². The van der Waals surface area contributed by atoms with E-state index in [0.29, 0.717) is 32.1 Å². The predicted molar refractivity (Wildman–Crippen MR) is 75.3 cm³/mol. The quantitative estimate of drug-likeness (QED) is 0.519. The Hall–Kier alpha value is -1.14. The van der Waals surface area contributed by atoms with Crippen LogP contribution in [0.3, 0.4) is 0 Å². The smallest absolute Gasteiger partial charge is 0.307 e. The van der Waals surface area contributed by atoms with Crippen molar-refractivity contribution in [2.75, 3.05) is 39.4 Å². The Balaban J connectivity index is 0.000000200. The van der Waals surface area contributed by atoms with Gasteiger partial charge in [-0.3, -0.25) is 9.59 Å². The fourth-order valence-corrected chi connectivity index (χ4v) is 1.59. The molecule has 0 aliphatic carbocycles. The SMILES string of the molecule is CCOC(=O)CCC1CN1.CCOC(=O)CCN1CC1. The molecular formula is C14H26N2O4. The van der Waals surface area contributed by atoms with Crippen LogP contribution in [0.2, 0.25) is 0 Å². The Kier molecular flexibility index (Phi) is 8.22. The summed E-state index contributed by atoms with van der Waals surface area (Å²) in [5, 5.41) is 3.12. The first-order chi connectivity index (χ1) is 9.65. The number of hydrogen-bond donors (Lipinski definition) is 1. The monoisotopic (exact) mass is 286 g/mol. The van der Waals surface area contributed by atoms with Crippen LogP contribution in [0.1, 0.15) is 33.1 Å². The predicted octanol–water partition coefficient (Wildman–Crippen LogP) is 0.557. The van der Waals surface area contributed by atoms with E-state index in [1.54, 1.807) is 0 Å². The van der Waals surface area contributed by atoms with Gasteiger partial charge in [-0.25, -0.2) is 0 Å². The Morgan fingerprint density at radius 2 is 1.65 bits per heavy atom. The van der Waals surface area contributed by atoms with Crippen LogP contribution in [0.4, 0.5) is 0 Å². The molecule has 2 aliphatic rings. The molecule has 2 heterocycles. The van der Waals surface area contributed by atoms with Gasteiger partial charge in [-0.2, -0.15) is 0 Å². The highest BCUT2D eigenvalue weighted by atomic mass is 16.5. The number of ether oxygens (including phenoxy) is 2. The zero-order valence-corrected chi connectivity index (χ0v) is 12.5. The number of hydrogen-bond acceptors (Lipinski definition) is 6. The van der Waals surface area contributed by atoms with Gasteiger partial charge in [0.15, 0.2) is 0 Å². The summed E-state index contributed by atoms with van der Waals surface area (Å²) in [5.41, 5.74) is 0. The van der Waals surface area contributed by atoms with Crippen molar-refractivity contribution in [3.63, 3.8) is 0 Å². The summed E-state index contributed by atoms with van der Waals surface area (Å²) in [4.78, 5) is 23.7. The van der Waals surface area contributed by atoms with Crippen molar-refractivity contribution in [1.29, 1.82) is 0 Å². The zero-order chi connectivity index (χ0) is 14.8. The Morgan fingerprint density at radius 3 is 2.10 bits per heavy atom. The lowest BCUT2D eigenvalue weighted by atomic mass is 10.2. The van der Waals surface area contributed by atoms with E-state index in [4.69, 9.17) is 9.47 Å². The minimum Gasteiger partial charge on any atom is -0.466 e. The lowest BCUT2D eigenvalue weighted by molar-refractivity contribution is -0.144. The summed E-state index contributed by atoms with van der Waals surface area (Å²) in [6.45, 7) is 8.90. The van der Waals surface area contributed by atoms with E-state index in [-0.39, 0.29) is 11.9 Å². The molecule has 6 heteroatoms. The Bertz CT molecular complexity index is 272. The van der Waals surface area contributed by atoms with Crippen LogP contribution in [0.15, 0.2) is 0 Å². The van der Waals surface area contributed by atoms with Gasteiger partial charge in [-0.05, 0) is 20.3 Å². The maximum absolute atomic E-state index is 10.7. The van der Waals surface area contributed by atoms with Gasteiger partial charge in [0.25, 0.3) is 0 Å². The minimum absolute atomic E-state index is 0.0730. The lowest BCUT2D eigenvalue weighted by Crippen LogP contribution is -2.10. The third kappa shape index (κ3) is 9.75. The van der Waals surface area contributed by atoms with Crippen molar-refractivity contribution in [3.8, 4) is 0 Å². The second kappa shape index (κ2) is 9.72. The van der Waals surface area contributed by atoms with Gasteiger partial charge >= 0.3 is 11.9 Å². The summed E-state index contributed by atoms with van der Waals surface area (Å²) >= 11 is 0. The molecule has 0 saturated carbocycles. The standard InChI is InChI=1S/2C7H13NO2/c1-2-10-7(9)3-4-8-5-6-8;1-2-10-7(9)4-3-6-5-8-6/h2-6H2,1H3;6,8H,2-5H2,1H3. The van der Waals surface area contributed by atoms with E-state index in [2.05, 4.69) is 10.2 Å². The van der Waals surface area contributed by atoms with Gasteiger partial charge in [0.1, 0.15) is 0 Å². The first kappa shape index (κ1) is 16.9. The summed E-state index contributed by atoms with van der Waals surface area (Å²) in [6.07, 6.45) is 2.04. The second-order valence-corrected chi connectivity index (χ2v) is 4.85. The fraction of sp³-hybridized carbons (Fsp3) is 0.857. The molecule has 0 aromatic heterocycles. The van der Waals surface area contributed by atoms with Crippen LogP contribution in [-0.4, -0.2) is 62.3 Å². The highest BCUT2D eigenvalue weighted by molar-refractivity contribution is 5.69. The normalized spacial score (nSPS) is 19.6. The largest absolute Gasteiger partial charge is 0.466 e. The van der Waals surface area contributed by atoms with Gasteiger partial charge in [-0.15, -0.1) is 0 Å². The fourth-order valence-electron chi connectivity index (χ4n) is 1.59. The first-order valence-electron chi connectivity index (χ1n) is 7.42. The van der Waals surface area contributed by atoms with Crippen molar-refractivity contribution < 1.29 is 19.1 Å². The second-order valence-electron chi connectivity index (χ2n) is 4.85. The van der Waals surface area contributed by atoms with E-state index < -0.39 is 0 Å². The van der Waals surface area contributed by atoms with Crippen molar-refractivity contribution in [1.82, 2.24) is 10.2 Å². The van der Waals surface area contributed by atoms with Crippen LogP contribution < -0.4 is 5.32 Å². The first-order valence-corrected chi connectivity index (χ1v) is 7.42. The van der Waals surface area contributed by atoms with Gasteiger partial charge in [0, 0.05) is 38.6 Å². The average molecular weight is 286 g/mol. The van der Waals surface area contributed by atoms with Crippen LogP contribution in [0.25, 0.3) is 0 Å². The molecule has 1 unspecified atom stereocenters.